The first kappa shape index (κ1) is 23.8. The second-order valence-electron chi connectivity index (χ2n) is 7.62. The minimum Gasteiger partial charge on any atom is -0.489 e. The van der Waals surface area contributed by atoms with Gasteiger partial charge in [0.05, 0.1) is 16.9 Å². The number of ether oxygens (including phenoxy) is 1. The first-order chi connectivity index (χ1) is 16.8. The van der Waals surface area contributed by atoms with Gasteiger partial charge in [-0.1, -0.05) is 48.9 Å². The van der Waals surface area contributed by atoms with Gasteiger partial charge in [0.15, 0.2) is 5.69 Å². The van der Waals surface area contributed by atoms with E-state index in [-0.39, 0.29) is 40.4 Å². The van der Waals surface area contributed by atoms with Crippen LogP contribution in [0.1, 0.15) is 47.1 Å². The van der Waals surface area contributed by atoms with Crippen LogP contribution in [-0.4, -0.2) is 37.4 Å². The number of anilines is 1. The van der Waals surface area contributed by atoms with E-state index in [1.165, 1.54) is 23.0 Å². The van der Waals surface area contributed by atoms with Gasteiger partial charge >= 0.3 is 0 Å². The highest BCUT2D eigenvalue weighted by atomic mass is 35.5. The second kappa shape index (κ2) is 10.3. The fourth-order valence-corrected chi connectivity index (χ4v) is 3.41. The van der Waals surface area contributed by atoms with Crippen molar-refractivity contribution in [1.29, 1.82) is 0 Å². The van der Waals surface area contributed by atoms with E-state index in [0.717, 1.165) is 0 Å². The summed E-state index contributed by atoms with van der Waals surface area (Å²) < 4.78 is 25.5. The summed E-state index contributed by atoms with van der Waals surface area (Å²) in [7, 11) is 0. The highest BCUT2D eigenvalue weighted by Crippen LogP contribution is 2.23. The summed E-state index contributed by atoms with van der Waals surface area (Å²) in [6, 6.07) is 11.3. The Balaban J connectivity index is 1.44. The first-order valence-electron chi connectivity index (χ1n) is 10.4. The summed E-state index contributed by atoms with van der Waals surface area (Å²) in [5.41, 5.74) is 9.57. The summed E-state index contributed by atoms with van der Waals surface area (Å²) in [4.78, 5) is 12.7. The van der Waals surface area contributed by atoms with Crippen LogP contribution in [0.5, 0.6) is 5.75 Å². The Bertz CT molecular complexity index is 1360. The van der Waals surface area contributed by atoms with Crippen molar-refractivity contribution in [2.24, 2.45) is 5.10 Å². The molecule has 4 rings (SSSR count). The number of nitrogens with two attached hydrogens (primary N) is 1. The lowest BCUT2D eigenvalue weighted by atomic mass is 10.1. The molecule has 3 N–H and O–H groups in total. The lowest BCUT2D eigenvalue weighted by Crippen LogP contribution is -2.21. The molecule has 0 aliphatic heterocycles. The molecule has 0 spiro atoms. The molecule has 4 aromatic rings. The van der Waals surface area contributed by atoms with Crippen LogP contribution in [-0.2, 0) is 6.61 Å². The van der Waals surface area contributed by atoms with E-state index >= 15 is 0 Å². The molecule has 0 radical (unpaired) electrons. The van der Waals surface area contributed by atoms with E-state index in [9.17, 15) is 9.18 Å². The lowest BCUT2D eigenvalue weighted by Gasteiger charge is -2.09. The normalized spacial score (nSPS) is 11.3. The topological polar surface area (TPSA) is 146 Å². The van der Waals surface area contributed by atoms with Crippen LogP contribution >= 0.6 is 11.6 Å². The largest absolute Gasteiger partial charge is 0.489 e. The van der Waals surface area contributed by atoms with E-state index in [1.807, 2.05) is 13.8 Å². The average molecular weight is 499 g/mol. The Hall–Kier alpha value is -4.32. The molecule has 11 nitrogen and oxygen atoms in total. The molecule has 2 heterocycles. The van der Waals surface area contributed by atoms with Gasteiger partial charge in [-0.15, -0.1) is 5.10 Å². The van der Waals surface area contributed by atoms with Gasteiger partial charge in [0, 0.05) is 5.56 Å². The molecule has 35 heavy (non-hydrogen) atoms. The Kier molecular flexibility index (Phi) is 7.01. The summed E-state index contributed by atoms with van der Waals surface area (Å²) in [6.07, 6.45) is 1.43. The molecule has 0 fully saturated rings. The van der Waals surface area contributed by atoms with Crippen molar-refractivity contribution in [2.75, 3.05) is 5.73 Å². The molecule has 0 saturated heterocycles. The van der Waals surface area contributed by atoms with Crippen molar-refractivity contribution in [3.8, 4) is 11.6 Å². The number of nitrogens with zero attached hydrogens (tertiary/aromatic N) is 6. The Labute approximate surface area is 203 Å². The van der Waals surface area contributed by atoms with Gasteiger partial charge in [0.2, 0.25) is 11.6 Å². The molecule has 0 bridgehead atoms. The van der Waals surface area contributed by atoms with Crippen LogP contribution in [0.2, 0.25) is 5.02 Å². The van der Waals surface area contributed by atoms with Crippen molar-refractivity contribution < 1.29 is 18.6 Å². The summed E-state index contributed by atoms with van der Waals surface area (Å²) in [5, 5.41) is 19.4. The van der Waals surface area contributed by atoms with Crippen LogP contribution in [0.3, 0.4) is 0 Å². The number of carbonyl (C=O) groups is 1. The van der Waals surface area contributed by atoms with Crippen molar-refractivity contribution in [3.05, 3.63) is 75.8 Å². The molecule has 0 saturated carbocycles. The van der Waals surface area contributed by atoms with Crippen molar-refractivity contribution in [3.63, 3.8) is 0 Å². The number of hydrogen-bond donors (Lipinski definition) is 2. The molecule has 2 aromatic heterocycles. The highest BCUT2D eigenvalue weighted by molar-refractivity contribution is 6.31. The predicted molar refractivity (Wildman–Crippen MR) is 125 cm³/mol. The van der Waals surface area contributed by atoms with Gasteiger partial charge in [-0.05, 0) is 46.1 Å². The van der Waals surface area contributed by atoms with Crippen molar-refractivity contribution in [2.45, 2.75) is 26.4 Å². The van der Waals surface area contributed by atoms with Gasteiger partial charge in [0.25, 0.3) is 5.91 Å². The maximum absolute atomic E-state index is 13.9. The summed E-state index contributed by atoms with van der Waals surface area (Å²) in [6.45, 7) is 3.68. The quantitative estimate of drug-likeness (QED) is 0.277. The standard InChI is InChI=1S/C22H20ClFN8O3/c1-12(2)19-18(27-31-32(19)21-20(25)29-35-30-21)22(33)28-26-10-13-5-3-6-14(9-13)34-11-15-16(23)7-4-8-17(15)24/h3-10,12H,11H2,1-2H3,(H2,25,29)(H,28,33)/b26-10-. The third-order valence-electron chi connectivity index (χ3n) is 4.85. The number of hydrazone groups is 1. The van der Waals surface area contributed by atoms with Gasteiger partial charge in [-0.3, -0.25) is 4.79 Å². The zero-order chi connectivity index (χ0) is 24.9. The van der Waals surface area contributed by atoms with E-state index in [2.05, 4.69) is 35.8 Å². The zero-order valence-electron chi connectivity index (χ0n) is 18.6. The average Bonchev–Trinajstić information content (AvgIpc) is 3.45. The van der Waals surface area contributed by atoms with Gasteiger partial charge < -0.3 is 10.5 Å². The highest BCUT2D eigenvalue weighted by Gasteiger charge is 2.25. The molecular formula is C22H20ClFN8O3. The number of halogens is 2. The second-order valence-corrected chi connectivity index (χ2v) is 8.03. The smallest absolute Gasteiger partial charge is 0.293 e. The third kappa shape index (κ3) is 5.27. The lowest BCUT2D eigenvalue weighted by molar-refractivity contribution is 0.0948. The molecule has 13 heteroatoms. The SMILES string of the molecule is CC(C)c1c(C(=O)N/N=C\c2cccc(OCc3c(F)cccc3Cl)c2)nnn1-c1nonc1N. The van der Waals surface area contributed by atoms with Gasteiger partial charge in [0.1, 0.15) is 18.2 Å². The number of nitrogens with one attached hydrogen (secondary N) is 1. The van der Waals surface area contributed by atoms with Crippen LogP contribution < -0.4 is 15.9 Å². The number of amides is 1. The van der Waals surface area contributed by atoms with Crippen LogP contribution in [0.4, 0.5) is 10.2 Å². The van der Waals surface area contributed by atoms with Crippen LogP contribution in [0.15, 0.2) is 52.2 Å². The number of aromatic nitrogens is 5. The fraction of sp³-hybridized carbons (Fsp3) is 0.182. The fourth-order valence-electron chi connectivity index (χ4n) is 3.19. The monoisotopic (exact) mass is 498 g/mol. The van der Waals surface area contributed by atoms with Gasteiger partial charge in [-0.25, -0.2) is 14.4 Å². The number of rotatable bonds is 8. The van der Waals surface area contributed by atoms with E-state index in [0.29, 0.717) is 17.0 Å². The number of benzene rings is 2. The van der Waals surface area contributed by atoms with Gasteiger partial charge in [-0.2, -0.15) is 9.78 Å². The number of hydrogen-bond acceptors (Lipinski definition) is 9. The minimum absolute atomic E-state index is 0.0150. The van der Waals surface area contributed by atoms with E-state index in [1.54, 1.807) is 30.3 Å². The maximum atomic E-state index is 13.9. The van der Waals surface area contributed by atoms with E-state index in [4.69, 9.17) is 22.1 Å². The van der Waals surface area contributed by atoms with Crippen LogP contribution in [0.25, 0.3) is 5.82 Å². The minimum atomic E-state index is -0.576. The molecule has 0 aliphatic carbocycles. The van der Waals surface area contributed by atoms with Crippen LogP contribution in [0, 0.1) is 5.82 Å². The third-order valence-corrected chi connectivity index (χ3v) is 5.20. The molecular weight excluding hydrogens is 479 g/mol. The number of carbonyl (C=O) groups excluding carboxylic acids is 1. The molecule has 0 atom stereocenters. The number of nitrogen functional groups attached to an aromatic ring is 1. The molecule has 0 aliphatic rings. The summed E-state index contributed by atoms with van der Waals surface area (Å²) >= 11 is 6.03. The van der Waals surface area contributed by atoms with E-state index < -0.39 is 11.7 Å². The molecule has 2 aromatic carbocycles. The molecule has 0 unspecified atom stereocenters. The Morgan fingerprint density at radius 3 is 2.83 bits per heavy atom. The molecule has 180 valence electrons. The predicted octanol–water partition coefficient (Wildman–Crippen LogP) is 3.49. The maximum Gasteiger partial charge on any atom is 0.293 e. The summed E-state index contributed by atoms with van der Waals surface area (Å²) in [5.74, 6) is -0.546. The van der Waals surface area contributed by atoms with Crippen molar-refractivity contribution in [1.82, 2.24) is 30.7 Å². The Morgan fingerprint density at radius 2 is 2.11 bits per heavy atom. The zero-order valence-corrected chi connectivity index (χ0v) is 19.4. The van der Waals surface area contributed by atoms with Crippen molar-refractivity contribution >= 4 is 29.5 Å². The first-order valence-corrected chi connectivity index (χ1v) is 10.8. The molecule has 1 amide bonds. The Morgan fingerprint density at radius 1 is 1.31 bits per heavy atom.